The number of rotatable bonds is 9. The normalized spacial score (nSPS) is 12.8. The van der Waals surface area contributed by atoms with Crippen LogP contribution in [0.15, 0.2) is 46.3 Å². The van der Waals surface area contributed by atoms with Crippen LogP contribution < -0.4 is 5.32 Å². The van der Waals surface area contributed by atoms with E-state index in [2.05, 4.69) is 10.3 Å². The number of nitrogens with one attached hydrogen (secondary N) is 3. The predicted octanol–water partition coefficient (Wildman–Crippen LogP) is 4.03. The van der Waals surface area contributed by atoms with Gasteiger partial charge in [-0.1, -0.05) is 23.7 Å². The van der Waals surface area contributed by atoms with E-state index in [0.29, 0.717) is 11.3 Å². The number of aromatic amines is 1. The Labute approximate surface area is 191 Å². The van der Waals surface area contributed by atoms with Gasteiger partial charge in [0.15, 0.2) is 15.5 Å². The molecule has 1 aromatic carbocycles. The molecule has 7 nitrogen and oxygen atoms in total. The van der Waals surface area contributed by atoms with Crippen LogP contribution >= 0.6 is 23.4 Å². The minimum atomic E-state index is -5.01. The molecule has 174 valence electrons. The van der Waals surface area contributed by atoms with Crippen molar-refractivity contribution in [3.05, 3.63) is 47.1 Å². The molecule has 0 saturated carbocycles. The molecule has 0 aliphatic carbocycles. The van der Waals surface area contributed by atoms with Gasteiger partial charge < -0.3 is 15.0 Å². The summed E-state index contributed by atoms with van der Waals surface area (Å²) in [6, 6.07) is 8.85. The summed E-state index contributed by atoms with van der Waals surface area (Å²) in [5, 5.41) is 8.88. The standard InChI is InChI=1S/C19H19ClF3N3O4S2/c1-31-10-30-15(27)9-25-17(16(20)18(24)19(21,22)23)14-7-6-13(26-14)11-4-3-5-12(8-11)32(2,28)29/h3-8,24-26H,9-10H2,1-2H3/b17-16+,24-18?. The lowest BCUT2D eigenvalue weighted by atomic mass is 10.2. The Bertz CT molecular complexity index is 1140. The summed E-state index contributed by atoms with van der Waals surface area (Å²) in [7, 11) is -3.47. The van der Waals surface area contributed by atoms with Crippen LogP contribution in [0.2, 0.25) is 0 Å². The minimum Gasteiger partial charge on any atom is -0.453 e. The van der Waals surface area contributed by atoms with Crippen molar-refractivity contribution in [2.24, 2.45) is 0 Å². The zero-order valence-electron chi connectivity index (χ0n) is 16.8. The van der Waals surface area contributed by atoms with Crippen molar-refractivity contribution in [1.82, 2.24) is 10.3 Å². The maximum Gasteiger partial charge on any atom is 0.434 e. The van der Waals surface area contributed by atoms with Crippen LogP contribution in [0.1, 0.15) is 5.69 Å². The van der Waals surface area contributed by atoms with Gasteiger partial charge in [0, 0.05) is 11.9 Å². The van der Waals surface area contributed by atoms with Gasteiger partial charge in [0.25, 0.3) is 0 Å². The summed E-state index contributed by atoms with van der Waals surface area (Å²) < 4.78 is 67.5. The average molecular weight is 510 g/mol. The maximum atomic E-state index is 13.0. The number of hydrogen-bond acceptors (Lipinski definition) is 7. The number of aromatic nitrogens is 1. The van der Waals surface area contributed by atoms with Gasteiger partial charge in [-0.2, -0.15) is 13.2 Å². The van der Waals surface area contributed by atoms with Gasteiger partial charge in [-0.05, 0) is 36.1 Å². The number of carbonyl (C=O) groups is 1. The molecular weight excluding hydrogens is 491 g/mol. The van der Waals surface area contributed by atoms with Crippen LogP contribution in [0.25, 0.3) is 17.0 Å². The highest BCUT2D eigenvalue weighted by Crippen LogP contribution is 2.30. The summed E-state index contributed by atoms with van der Waals surface area (Å²) in [6.07, 6.45) is -2.26. The molecule has 13 heteroatoms. The highest BCUT2D eigenvalue weighted by Gasteiger charge is 2.38. The molecule has 0 fully saturated rings. The highest BCUT2D eigenvalue weighted by atomic mass is 35.5. The first-order valence-corrected chi connectivity index (χ1v) is 12.4. The molecule has 0 radical (unpaired) electrons. The van der Waals surface area contributed by atoms with Gasteiger partial charge in [-0.15, -0.1) is 11.8 Å². The fourth-order valence-electron chi connectivity index (χ4n) is 2.48. The molecular formula is C19H19ClF3N3O4S2. The lowest BCUT2D eigenvalue weighted by Gasteiger charge is -2.14. The van der Waals surface area contributed by atoms with Crippen LogP contribution in [0, 0.1) is 5.41 Å². The van der Waals surface area contributed by atoms with E-state index in [0.717, 1.165) is 6.26 Å². The van der Waals surface area contributed by atoms with Crippen LogP contribution in [0.5, 0.6) is 0 Å². The maximum absolute atomic E-state index is 13.0. The summed E-state index contributed by atoms with van der Waals surface area (Å²) >= 11 is 7.10. The Morgan fingerprint density at radius 3 is 2.56 bits per heavy atom. The number of ether oxygens (including phenoxy) is 1. The Morgan fingerprint density at radius 1 is 1.28 bits per heavy atom. The fraction of sp³-hybridized carbons (Fsp3) is 0.263. The van der Waals surface area contributed by atoms with E-state index in [9.17, 15) is 26.4 Å². The fourth-order valence-corrected chi connectivity index (χ4v) is 3.67. The summed E-state index contributed by atoms with van der Waals surface area (Å²) in [5.74, 6) is -0.665. The number of hydrogen-bond donors (Lipinski definition) is 3. The molecule has 0 unspecified atom stereocenters. The van der Waals surface area contributed by atoms with Crippen LogP contribution in [-0.2, 0) is 19.4 Å². The van der Waals surface area contributed by atoms with Crippen molar-refractivity contribution in [2.45, 2.75) is 11.1 Å². The molecule has 0 atom stereocenters. The summed E-state index contributed by atoms with van der Waals surface area (Å²) in [6.45, 7) is -0.491. The number of alkyl halides is 3. The average Bonchev–Trinajstić information content (AvgIpc) is 3.20. The van der Waals surface area contributed by atoms with Crippen molar-refractivity contribution >= 4 is 50.6 Å². The Kier molecular flexibility index (Phi) is 8.43. The highest BCUT2D eigenvalue weighted by molar-refractivity contribution is 7.98. The van der Waals surface area contributed by atoms with Crippen molar-refractivity contribution in [3.8, 4) is 11.3 Å². The quantitative estimate of drug-likeness (QED) is 0.267. The Hall–Kier alpha value is -2.44. The second-order valence-corrected chi connectivity index (χ2v) is 9.63. The molecule has 0 aliphatic rings. The van der Waals surface area contributed by atoms with Crippen LogP contribution in [0.3, 0.4) is 0 Å². The number of allylic oxidation sites excluding steroid dienone is 1. The third-order valence-electron chi connectivity index (χ3n) is 4.00. The van der Waals surface area contributed by atoms with Gasteiger partial charge in [0.05, 0.1) is 21.3 Å². The molecule has 2 rings (SSSR count). The van der Waals surface area contributed by atoms with E-state index in [1.165, 1.54) is 42.1 Å². The number of thioether (sulfide) groups is 1. The first kappa shape index (κ1) is 25.8. The molecule has 3 N–H and O–H groups in total. The van der Waals surface area contributed by atoms with Crippen LogP contribution in [-0.4, -0.2) is 56.3 Å². The van der Waals surface area contributed by atoms with E-state index in [4.69, 9.17) is 21.7 Å². The van der Waals surface area contributed by atoms with Gasteiger partial charge in [0.2, 0.25) is 0 Å². The number of halogens is 4. The third-order valence-corrected chi connectivity index (χ3v) is 5.84. The summed E-state index contributed by atoms with van der Waals surface area (Å²) in [5.41, 5.74) is -1.23. The van der Waals surface area contributed by atoms with Crippen molar-refractivity contribution in [3.63, 3.8) is 0 Å². The topological polar surface area (TPSA) is 112 Å². The molecule has 0 amide bonds. The molecule has 2 aromatic rings. The third kappa shape index (κ3) is 6.78. The molecule has 0 bridgehead atoms. The SMILES string of the molecule is CSCOC(=O)CN/C(=C(/Cl)C(=N)C(F)(F)F)c1ccc(-c2cccc(S(C)(=O)=O)c2)[nH]1. The zero-order chi connectivity index (χ0) is 24.1. The first-order valence-electron chi connectivity index (χ1n) is 8.78. The first-order chi connectivity index (χ1) is 14.8. The van der Waals surface area contributed by atoms with Crippen molar-refractivity contribution in [2.75, 3.05) is 25.0 Å². The predicted molar refractivity (Wildman–Crippen MR) is 118 cm³/mol. The molecule has 32 heavy (non-hydrogen) atoms. The van der Waals surface area contributed by atoms with Crippen molar-refractivity contribution < 1.29 is 31.1 Å². The molecule has 0 spiro atoms. The molecule has 0 aliphatic heterocycles. The number of H-pyrrole nitrogens is 1. The van der Waals surface area contributed by atoms with E-state index >= 15 is 0 Å². The Morgan fingerprint density at radius 2 is 1.97 bits per heavy atom. The van der Waals surface area contributed by atoms with Gasteiger partial charge in [0.1, 0.15) is 12.5 Å². The molecule has 1 aromatic heterocycles. The van der Waals surface area contributed by atoms with E-state index in [1.54, 1.807) is 12.3 Å². The van der Waals surface area contributed by atoms with E-state index in [-0.39, 0.29) is 22.2 Å². The monoisotopic (exact) mass is 509 g/mol. The molecule has 1 heterocycles. The van der Waals surface area contributed by atoms with E-state index < -0.39 is 39.3 Å². The minimum absolute atomic E-state index is 0.0569. The number of benzene rings is 1. The second-order valence-electron chi connectivity index (χ2n) is 6.42. The molecule has 0 saturated heterocycles. The van der Waals surface area contributed by atoms with E-state index in [1.807, 2.05) is 0 Å². The lowest BCUT2D eigenvalue weighted by Crippen LogP contribution is -2.28. The van der Waals surface area contributed by atoms with Crippen molar-refractivity contribution in [1.29, 1.82) is 5.41 Å². The smallest absolute Gasteiger partial charge is 0.434 e. The lowest BCUT2D eigenvalue weighted by molar-refractivity contribution is -0.140. The van der Waals surface area contributed by atoms with Gasteiger partial charge in [-0.25, -0.2) is 8.42 Å². The number of carbonyl (C=O) groups excluding carboxylic acids is 1. The largest absolute Gasteiger partial charge is 0.453 e. The summed E-state index contributed by atoms with van der Waals surface area (Å²) in [4.78, 5) is 14.7. The van der Waals surface area contributed by atoms with Gasteiger partial charge >= 0.3 is 12.1 Å². The second kappa shape index (κ2) is 10.5. The zero-order valence-corrected chi connectivity index (χ0v) is 19.2. The number of esters is 1. The van der Waals surface area contributed by atoms with Gasteiger partial charge in [-0.3, -0.25) is 10.2 Å². The number of sulfone groups is 1. The Balaban J connectivity index is 2.44. The van der Waals surface area contributed by atoms with Crippen LogP contribution in [0.4, 0.5) is 13.2 Å².